The van der Waals surface area contributed by atoms with Gasteiger partial charge in [-0.1, -0.05) is 18.2 Å². The van der Waals surface area contributed by atoms with E-state index >= 15 is 0 Å². The molecule has 2 aliphatic heterocycles. The minimum Gasteiger partial charge on any atom is -0.368 e. The molecular formula is C20H21N5O. The van der Waals surface area contributed by atoms with Gasteiger partial charge >= 0.3 is 0 Å². The Labute approximate surface area is 151 Å². The molecule has 0 unspecified atom stereocenters. The second kappa shape index (κ2) is 5.92. The molecule has 5 rings (SSSR count). The molecule has 0 saturated heterocycles. The van der Waals surface area contributed by atoms with Crippen LogP contribution in [0.25, 0.3) is 10.9 Å². The van der Waals surface area contributed by atoms with E-state index in [1.54, 1.807) is 0 Å². The standard InChI is InChI=1S/C20H21N5O/c21-20-22-10-16-12-24(8-6-17(16)23-20)11-15-9-14-4-1-3-13-5-2-7-25(18(13)14)19(15)26/h1,3-4,9-10H,2,5-8,11-12H2,(H2,21,22,23). The first-order valence-electron chi connectivity index (χ1n) is 9.16. The molecule has 0 fully saturated rings. The van der Waals surface area contributed by atoms with Crippen LogP contribution in [0.15, 0.2) is 35.3 Å². The molecular weight excluding hydrogens is 326 g/mol. The lowest BCUT2D eigenvalue weighted by molar-refractivity contribution is 0.241. The number of para-hydroxylation sites is 1. The highest BCUT2D eigenvalue weighted by Crippen LogP contribution is 2.25. The third-order valence-electron chi connectivity index (χ3n) is 5.52. The van der Waals surface area contributed by atoms with E-state index in [0.29, 0.717) is 12.5 Å². The monoisotopic (exact) mass is 347 g/mol. The second-order valence-corrected chi connectivity index (χ2v) is 7.25. The van der Waals surface area contributed by atoms with Crippen LogP contribution >= 0.6 is 0 Å². The Balaban J connectivity index is 1.50. The summed E-state index contributed by atoms with van der Waals surface area (Å²) in [4.78, 5) is 23.8. The van der Waals surface area contributed by atoms with Crippen LogP contribution < -0.4 is 11.3 Å². The molecule has 0 amide bonds. The van der Waals surface area contributed by atoms with Crippen molar-refractivity contribution in [2.45, 2.75) is 38.9 Å². The van der Waals surface area contributed by atoms with E-state index in [1.807, 2.05) is 10.8 Å². The molecule has 4 heterocycles. The Kier molecular flexibility index (Phi) is 3.53. The Bertz CT molecular complexity index is 1070. The molecule has 6 heteroatoms. The van der Waals surface area contributed by atoms with Crippen LogP contribution in [0.3, 0.4) is 0 Å². The number of aryl methyl sites for hydroxylation is 2. The number of nitrogen functional groups attached to an aromatic ring is 1. The predicted molar refractivity (Wildman–Crippen MR) is 101 cm³/mol. The van der Waals surface area contributed by atoms with Crippen molar-refractivity contribution < 1.29 is 0 Å². The fourth-order valence-corrected chi connectivity index (χ4v) is 4.30. The van der Waals surface area contributed by atoms with Gasteiger partial charge in [-0.3, -0.25) is 9.69 Å². The Morgan fingerprint density at radius 1 is 1.15 bits per heavy atom. The highest BCUT2D eigenvalue weighted by molar-refractivity contribution is 5.83. The van der Waals surface area contributed by atoms with Crippen LogP contribution in [0.1, 0.15) is 28.8 Å². The van der Waals surface area contributed by atoms with Crippen molar-refractivity contribution in [2.24, 2.45) is 0 Å². The summed E-state index contributed by atoms with van der Waals surface area (Å²) < 4.78 is 1.98. The Hall–Kier alpha value is -2.73. The van der Waals surface area contributed by atoms with Gasteiger partial charge in [0.05, 0.1) is 11.2 Å². The first-order chi connectivity index (χ1) is 12.7. The highest BCUT2D eigenvalue weighted by Gasteiger charge is 2.21. The third kappa shape index (κ3) is 2.49. The van der Waals surface area contributed by atoms with E-state index in [9.17, 15) is 4.79 Å². The molecule has 6 nitrogen and oxygen atoms in total. The van der Waals surface area contributed by atoms with E-state index in [1.165, 1.54) is 10.9 Å². The van der Waals surface area contributed by atoms with Crippen molar-refractivity contribution in [3.63, 3.8) is 0 Å². The number of hydrogen-bond acceptors (Lipinski definition) is 5. The molecule has 132 valence electrons. The molecule has 26 heavy (non-hydrogen) atoms. The number of hydrogen-bond donors (Lipinski definition) is 1. The minimum atomic E-state index is 0.156. The maximum absolute atomic E-state index is 13.1. The average molecular weight is 347 g/mol. The molecule has 0 radical (unpaired) electrons. The zero-order valence-corrected chi connectivity index (χ0v) is 14.6. The number of pyridine rings is 1. The van der Waals surface area contributed by atoms with E-state index in [0.717, 1.165) is 61.2 Å². The van der Waals surface area contributed by atoms with Crippen molar-refractivity contribution in [2.75, 3.05) is 12.3 Å². The van der Waals surface area contributed by atoms with E-state index < -0.39 is 0 Å². The summed E-state index contributed by atoms with van der Waals surface area (Å²) >= 11 is 0. The summed E-state index contributed by atoms with van der Waals surface area (Å²) in [5.74, 6) is 0.333. The van der Waals surface area contributed by atoms with Crippen LogP contribution in [-0.2, 0) is 32.5 Å². The number of fused-ring (bicyclic) bond motifs is 1. The molecule has 2 aromatic heterocycles. The van der Waals surface area contributed by atoms with Gasteiger partial charge in [0, 0.05) is 49.9 Å². The van der Waals surface area contributed by atoms with Crippen molar-refractivity contribution in [3.05, 3.63) is 63.2 Å². The molecule has 0 saturated carbocycles. The summed E-state index contributed by atoms with van der Waals surface area (Å²) in [6.07, 6.45) is 4.74. The van der Waals surface area contributed by atoms with E-state index in [4.69, 9.17) is 5.73 Å². The first-order valence-corrected chi connectivity index (χ1v) is 9.16. The van der Waals surface area contributed by atoms with Crippen molar-refractivity contribution in [3.8, 4) is 0 Å². The summed E-state index contributed by atoms with van der Waals surface area (Å²) in [6.45, 7) is 3.10. The van der Waals surface area contributed by atoms with Crippen molar-refractivity contribution in [1.82, 2.24) is 19.4 Å². The van der Waals surface area contributed by atoms with Gasteiger partial charge in [-0.15, -0.1) is 0 Å². The summed E-state index contributed by atoms with van der Waals surface area (Å²) in [5, 5.41) is 1.17. The van der Waals surface area contributed by atoms with Crippen molar-refractivity contribution >= 4 is 16.9 Å². The maximum Gasteiger partial charge on any atom is 0.255 e. The highest BCUT2D eigenvalue weighted by atomic mass is 16.1. The molecule has 0 aliphatic carbocycles. The second-order valence-electron chi connectivity index (χ2n) is 7.25. The van der Waals surface area contributed by atoms with Crippen molar-refractivity contribution in [1.29, 1.82) is 0 Å². The van der Waals surface area contributed by atoms with Gasteiger partial charge in [0.25, 0.3) is 5.56 Å². The fraction of sp³-hybridized carbons (Fsp3) is 0.350. The van der Waals surface area contributed by atoms with Crippen LogP contribution in [0.2, 0.25) is 0 Å². The van der Waals surface area contributed by atoms with Gasteiger partial charge < -0.3 is 10.3 Å². The predicted octanol–water partition coefficient (Wildman–Crippen LogP) is 1.88. The van der Waals surface area contributed by atoms with Crippen LogP contribution in [0, 0.1) is 0 Å². The third-order valence-corrected chi connectivity index (χ3v) is 5.52. The molecule has 3 aromatic rings. The van der Waals surface area contributed by atoms with Gasteiger partial charge in [-0.25, -0.2) is 9.97 Å². The van der Waals surface area contributed by atoms with Gasteiger partial charge in [0.1, 0.15) is 0 Å². The van der Waals surface area contributed by atoms with E-state index in [-0.39, 0.29) is 5.56 Å². The molecule has 0 spiro atoms. The number of anilines is 1. The Morgan fingerprint density at radius 3 is 3.00 bits per heavy atom. The minimum absolute atomic E-state index is 0.156. The number of nitrogens with two attached hydrogens (primary N) is 1. The number of aromatic nitrogens is 3. The maximum atomic E-state index is 13.1. The molecule has 0 atom stereocenters. The summed E-state index contributed by atoms with van der Waals surface area (Å²) in [6, 6.07) is 8.44. The van der Waals surface area contributed by atoms with Crippen LogP contribution in [0.5, 0.6) is 0 Å². The van der Waals surface area contributed by atoms with E-state index in [2.05, 4.69) is 39.1 Å². The molecule has 2 N–H and O–H groups in total. The average Bonchev–Trinajstić information content (AvgIpc) is 2.66. The lowest BCUT2D eigenvalue weighted by Gasteiger charge is -2.28. The topological polar surface area (TPSA) is 77.0 Å². The zero-order chi connectivity index (χ0) is 17.7. The lowest BCUT2D eigenvalue weighted by Crippen LogP contribution is -2.35. The SMILES string of the molecule is Nc1ncc2c(n1)CCN(Cc1cc3cccc4c3n(c1=O)CCC4)C2. The van der Waals surface area contributed by atoms with Crippen LogP contribution in [0.4, 0.5) is 5.95 Å². The van der Waals surface area contributed by atoms with Gasteiger partial charge in [-0.2, -0.15) is 0 Å². The zero-order valence-electron chi connectivity index (χ0n) is 14.6. The quantitative estimate of drug-likeness (QED) is 0.766. The normalized spacial score (nSPS) is 16.6. The van der Waals surface area contributed by atoms with Crippen LogP contribution in [-0.4, -0.2) is 26.0 Å². The molecule has 0 bridgehead atoms. The smallest absolute Gasteiger partial charge is 0.255 e. The fourth-order valence-electron chi connectivity index (χ4n) is 4.30. The number of nitrogens with zero attached hydrogens (tertiary/aromatic N) is 4. The summed E-state index contributed by atoms with van der Waals surface area (Å²) in [5.41, 5.74) is 11.3. The molecule has 2 aliphatic rings. The lowest BCUT2D eigenvalue weighted by atomic mass is 9.99. The summed E-state index contributed by atoms with van der Waals surface area (Å²) in [7, 11) is 0. The molecule has 1 aromatic carbocycles. The number of benzene rings is 1. The largest absolute Gasteiger partial charge is 0.368 e. The van der Waals surface area contributed by atoms with Gasteiger partial charge in [0.15, 0.2) is 0 Å². The Morgan fingerprint density at radius 2 is 2.08 bits per heavy atom. The van der Waals surface area contributed by atoms with Gasteiger partial charge in [-0.05, 0) is 29.9 Å². The first kappa shape index (κ1) is 15.5. The van der Waals surface area contributed by atoms with Gasteiger partial charge in [0.2, 0.25) is 5.95 Å². The number of rotatable bonds is 2.